The lowest BCUT2D eigenvalue weighted by atomic mass is 10.2. The van der Waals surface area contributed by atoms with Crippen molar-refractivity contribution in [1.82, 2.24) is 19.9 Å². The van der Waals surface area contributed by atoms with Crippen molar-refractivity contribution in [2.24, 2.45) is 0 Å². The molecule has 2 heterocycles. The van der Waals surface area contributed by atoms with E-state index in [4.69, 9.17) is 27.9 Å². The average Bonchev–Trinajstić information content (AvgIpc) is 2.63. The lowest BCUT2D eigenvalue weighted by Gasteiger charge is -2.20. The summed E-state index contributed by atoms with van der Waals surface area (Å²) >= 11 is 12.4. The first-order valence-electron chi connectivity index (χ1n) is 9.04. The van der Waals surface area contributed by atoms with Gasteiger partial charge in [0.15, 0.2) is 0 Å². The van der Waals surface area contributed by atoms with Gasteiger partial charge in [-0.3, -0.25) is 14.3 Å². The molecule has 10 heteroatoms. The van der Waals surface area contributed by atoms with E-state index in [2.05, 4.69) is 15.3 Å². The molecule has 0 radical (unpaired) electrons. The number of carbonyl (C=O) groups is 1. The largest absolute Gasteiger partial charge is 0.444 e. The summed E-state index contributed by atoms with van der Waals surface area (Å²) in [7, 11) is 0. The van der Waals surface area contributed by atoms with Crippen LogP contribution in [-0.2, 0) is 11.2 Å². The molecular formula is C20H19Cl2FN4O3. The molecule has 7 nitrogen and oxygen atoms in total. The van der Waals surface area contributed by atoms with E-state index in [-0.39, 0.29) is 45.4 Å². The highest BCUT2D eigenvalue weighted by atomic mass is 35.5. The highest BCUT2D eigenvalue weighted by Crippen LogP contribution is 2.27. The van der Waals surface area contributed by atoms with Gasteiger partial charge < -0.3 is 10.1 Å². The van der Waals surface area contributed by atoms with Crippen LogP contribution in [0.3, 0.4) is 0 Å². The van der Waals surface area contributed by atoms with Gasteiger partial charge in [0.2, 0.25) is 0 Å². The van der Waals surface area contributed by atoms with E-state index in [1.807, 2.05) is 0 Å². The number of amides is 1. The number of hydrogen-bond acceptors (Lipinski definition) is 5. The molecule has 0 bridgehead atoms. The van der Waals surface area contributed by atoms with Gasteiger partial charge in [0.05, 0.1) is 39.0 Å². The minimum atomic E-state index is -0.648. The van der Waals surface area contributed by atoms with Gasteiger partial charge in [0.1, 0.15) is 17.2 Å². The molecule has 1 N–H and O–H groups in total. The Balaban J connectivity index is 2.06. The number of alkyl carbamates (subject to hydrolysis) is 1. The Morgan fingerprint density at radius 3 is 2.60 bits per heavy atom. The van der Waals surface area contributed by atoms with Crippen molar-refractivity contribution in [2.75, 3.05) is 6.54 Å². The third-order valence-corrected chi connectivity index (χ3v) is 4.58. The first-order valence-corrected chi connectivity index (χ1v) is 9.80. The van der Waals surface area contributed by atoms with Crippen LogP contribution in [0.4, 0.5) is 9.18 Å². The number of hydrogen-bond donors (Lipinski definition) is 1. The molecule has 3 aromatic rings. The summed E-state index contributed by atoms with van der Waals surface area (Å²) in [4.78, 5) is 33.4. The summed E-state index contributed by atoms with van der Waals surface area (Å²) in [5, 5.41) is 3.13. The lowest BCUT2D eigenvalue weighted by molar-refractivity contribution is 0.0528. The summed E-state index contributed by atoms with van der Waals surface area (Å²) in [6.07, 6.45) is 1.90. The molecule has 3 rings (SSSR count). The molecule has 0 aliphatic carbocycles. The summed E-state index contributed by atoms with van der Waals surface area (Å²) in [5.41, 5.74) is -0.767. The van der Waals surface area contributed by atoms with E-state index in [9.17, 15) is 14.0 Å². The molecule has 2 aromatic heterocycles. The Labute approximate surface area is 181 Å². The van der Waals surface area contributed by atoms with Crippen molar-refractivity contribution in [1.29, 1.82) is 0 Å². The Morgan fingerprint density at radius 2 is 1.93 bits per heavy atom. The van der Waals surface area contributed by atoms with Gasteiger partial charge in [0, 0.05) is 19.0 Å². The number of carbonyl (C=O) groups excluding carboxylic acids is 1. The second-order valence-corrected chi connectivity index (χ2v) is 8.28. The number of rotatable bonds is 4. The molecule has 158 valence electrons. The zero-order valence-corrected chi connectivity index (χ0v) is 18.0. The van der Waals surface area contributed by atoms with Crippen molar-refractivity contribution in [2.45, 2.75) is 32.8 Å². The van der Waals surface area contributed by atoms with Gasteiger partial charge in [-0.1, -0.05) is 23.2 Å². The fraction of sp³-hybridized carbons (Fsp3) is 0.300. The van der Waals surface area contributed by atoms with Crippen molar-refractivity contribution in [3.8, 4) is 5.69 Å². The van der Waals surface area contributed by atoms with Crippen LogP contribution in [0.15, 0.2) is 35.4 Å². The Morgan fingerprint density at radius 1 is 1.23 bits per heavy atom. The van der Waals surface area contributed by atoms with Crippen molar-refractivity contribution in [3.63, 3.8) is 0 Å². The van der Waals surface area contributed by atoms with Crippen LogP contribution in [0.1, 0.15) is 26.6 Å². The van der Waals surface area contributed by atoms with Gasteiger partial charge in [-0.05, 0) is 32.9 Å². The molecule has 0 spiro atoms. The number of pyridine rings is 1. The first-order chi connectivity index (χ1) is 14.1. The number of halogens is 3. The molecule has 1 amide bonds. The second-order valence-electron chi connectivity index (χ2n) is 7.46. The van der Waals surface area contributed by atoms with E-state index >= 15 is 0 Å². The van der Waals surface area contributed by atoms with Crippen molar-refractivity contribution in [3.05, 3.63) is 62.6 Å². The number of ether oxygens (including phenoxy) is 1. The van der Waals surface area contributed by atoms with Gasteiger partial charge in [-0.2, -0.15) is 0 Å². The first kappa shape index (κ1) is 22.0. The monoisotopic (exact) mass is 452 g/mol. The molecule has 0 unspecified atom stereocenters. The van der Waals surface area contributed by atoms with Crippen molar-refractivity contribution >= 4 is 40.2 Å². The van der Waals surface area contributed by atoms with Crippen LogP contribution in [0.25, 0.3) is 16.6 Å². The van der Waals surface area contributed by atoms with Crippen molar-refractivity contribution < 1.29 is 13.9 Å². The number of benzene rings is 1. The summed E-state index contributed by atoms with van der Waals surface area (Å²) in [6, 6.07) is 4.19. The van der Waals surface area contributed by atoms with E-state index in [0.717, 1.165) is 12.3 Å². The third kappa shape index (κ3) is 4.88. The number of aromatic nitrogens is 3. The third-order valence-electron chi connectivity index (χ3n) is 3.96. The predicted molar refractivity (Wildman–Crippen MR) is 113 cm³/mol. The van der Waals surface area contributed by atoms with E-state index in [0.29, 0.717) is 0 Å². The normalized spacial score (nSPS) is 11.5. The van der Waals surface area contributed by atoms with Gasteiger partial charge in [-0.15, -0.1) is 0 Å². The van der Waals surface area contributed by atoms with Crippen LogP contribution in [0, 0.1) is 5.82 Å². The Bertz CT molecular complexity index is 1180. The maximum absolute atomic E-state index is 13.8. The fourth-order valence-electron chi connectivity index (χ4n) is 2.81. The number of nitrogens with zero attached hydrogens (tertiary/aromatic N) is 3. The zero-order valence-electron chi connectivity index (χ0n) is 16.5. The average molecular weight is 453 g/mol. The quantitative estimate of drug-likeness (QED) is 0.637. The lowest BCUT2D eigenvalue weighted by Crippen LogP contribution is -2.34. The Hall–Kier alpha value is -2.71. The molecule has 0 aliphatic heterocycles. The maximum Gasteiger partial charge on any atom is 0.407 e. The van der Waals surface area contributed by atoms with Crippen LogP contribution in [0.2, 0.25) is 10.0 Å². The highest BCUT2D eigenvalue weighted by molar-refractivity contribution is 6.39. The van der Waals surface area contributed by atoms with E-state index in [1.165, 1.54) is 22.9 Å². The van der Waals surface area contributed by atoms with E-state index in [1.54, 1.807) is 20.8 Å². The predicted octanol–water partition coefficient (Wildman–Crippen LogP) is 4.29. The fourth-order valence-corrected chi connectivity index (χ4v) is 3.24. The molecule has 0 saturated carbocycles. The van der Waals surface area contributed by atoms with Crippen LogP contribution < -0.4 is 10.9 Å². The maximum atomic E-state index is 13.8. The topological polar surface area (TPSA) is 86.1 Å². The zero-order chi connectivity index (χ0) is 22.1. The molecule has 0 fully saturated rings. The smallest absolute Gasteiger partial charge is 0.407 e. The minimum absolute atomic E-state index is 0.109. The van der Waals surface area contributed by atoms with Gasteiger partial charge >= 0.3 is 6.09 Å². The number of fused-ring (bicyclic) bond motifs is 1. The molecule has 0 saturated heterocycles. The molecule has 30 heavy (non-hydrogen) atoms. The van der Waals surface area contributed by atoms with E-state index < -0.39 is 23.1 Å². The van der Waals surface area contributed by atoms with Gasteiger partial charge in [-0.25, -0.2) is 14.2 Å². The van der Waals surface area contributed by atoms with Gasteiger partial charge in [0.25, 0.3) is 5.56 Å². The highest BCUT2D eigenvalue weighted by Gasteiger charge is 2.19. The summed E-state index contributed by atoms with van der Waals surface area (Å²) in [6.45, 7) is 5.36. The standard InChI is InChI=1S/C20H19Cl2FN4O3/c1-20(2,3)30-19(29)25-7-6-15-26-17-14(22)5-4-13(21)16(17)18(28)27(15)12-8-11(23)9-24-10-12/h4-5,8-10H,6-7H2,1-3H3,(H,25,29). The Kier molecular flexibility index (Phi) is 6.28. The van der Waals surface area contributed by atoms with Crippen LogP contribution in [0.5, 0.6) is 0 Å². The number of nitrogens with one attached hydrogen (secondary N) is 1. The van der Waals surface area contributed by atoms with Crippen LogP contribution in [-0.4, -0.2) is 32.8 Å². The molecule has 1 aromatic carbocycles. The summed E-state index contributed by atoms with van der Waals surface area (Å²) < 4.78 is 20.2. The molecule has 0 atom stereocenters. The minimum Gasteiger partial charge on any atom is -0.444 e. The summed E-state index contributed by atoms with van der Waals surface area (Å²) in [5.74, 6) is -0.366. The SMILES string of the molecule is CC(C)(C)OC(=O)NCCc1nc2c(Cl)ccc(Cl)c2c(=O)n1-c1cncc(F)c1. The molecular weight excluding hydrogens is 434 g/mol. The van der Waals surface area contributed by atoms with Crippen LogP contribution >= 0.6 is 23.2 Å². The second kappa shape index (κ2) is 8.57. The molecule has 0 aliphatic rings.